The highest BCUT2D eigenvalue weighted by molar-refractivity contribution is 5.73. The van der Waals surface area contributed by atoms with Gasteiger partial charge in [-0.25, -0.2) is 15.8 Å². The topological polar surface area (TPSA) is 105 Å². The van der Waals surface area contributed by atoms with E-state index >= 15 is 0 Å². The minimum atomic E-state index is 0.450. The zero-order valence-corrected chi connectivity index (χ0v) is 10.5. The van der Waals surface area contributed by atoms with Gasteiger partial charge in [-0.1, -0.05) is 6.42 Å². The molecule has 0 spiro atoms. The van der Waals surface area contributed by atoms with E-state index in [-0.39, 0.29) is 0 Å². The first-order valence-corrected chi connectivity index (χ1v) is 6.34. The van der Waals surface area contributed by atoms with Gasteiger partial charge >= 0.3 is 0 Å². The Kier molecular flexibility index (Phi) is 4.54. The molecule has 18 heavy (non-hydrogen) atoms. The Morgan fingerprint density at radius 2 is 1.89 bits per heavy atom. The first-order chi connectivity index (χ1) is 8.81. The lowest BCUT2D eigenvalue weighted by Crippen LogP contribution is -2.33. The van der Waals surface area contributed by atoms with E-state index in [4.69, 9.17) is 11.6 Å². The Balaban J connectivity index is 1.82. The predicted octanol–water partition coefficient (Wildman–Crippen LogP) is 0.242. The fourth-order valence-electron chi connectivity index (χ4n) is 2.17. The largest absolute Gasteiger partial charge is 0.393 e. The molecule has 0 aromatic carbocycles. The molecule has 2 heterocycles. The van der Waals surface area contributed by atoms with Crippen molar-refractivity contribution in [2.75, 3.05) is 42.7 Å². The van der Waals surface area contributed by atoms with Crippen LogP contribution in [0.25, 0.3) is 0 Å². The number of anilines is 3. The second-order valence-electron chi connectivity index (χ2n) is 4.46. The van der Waals surface area contributed by atoms with Gasteiger partial charge in [-0.15, -0.1) is 0 Å². The van der Waals surface area contributed by atoms with E-state index in [1.54, 1.807) is 0 Å². The fraction of sp³-hybridized carbons (Fsp3) is 0.636. The molecule has 7 heteroatoms. The first-order valence-electron chi connectivity index (χ1n) is 6.34. The van der Waals surface area contributed by atoms with Crippen LogP contribution in [0.5, 0.6) is 0 Å². The van der Waals surface area contributed by atoms with Crippen LogP contribution < -0.4 is 22.3 Å². The second-order valence-corrected chi connectivity index (χ2v) is 4.46. The lowest BCUT2D eigenvalue weighted by molar-refractivity contribution is 0.237. The number of nitrogens with two attached hydrogens (primary N) is 2. The predicted molar refractivity (Wildman–Crippen MR) is 73.0 cm³/mol. The Hall–Kier alpha value is -1.60. The summed E-state index contributed by atoms with van der Waals surface area (Å²) in [6, 6.07) is 0. The molecule has 0 aliphatic carbocycles. The summed E-state index contributed by atoms with van der Waals surface area (Å²) in [5.74, 6) is 6.39. The maximum Gasteiger partial charge on any atom is 0.168 e. The van der Waals surface area contributed by atoms with Gasteiger partial charge in [0.05, 0.1) is 0 Å². The molecular weight excluding hydrogens is 230 g/mol. The third kappa shape index (κ3) is 3.21. The smallest absolute Gasteiger partial charge is 0.168 e. The number of piperidine rings is 1. The molecule has 1 aliphatic heterocycles. The van der Waals surface area contributed by atoms with Crippen molar-refractivity contribution in [1.29, 1.82) is 0 Å². The van der Waals surface area contributed by atoms with E-state index in [9.17, 15) is 0 Å². The highest BCUT2D eigenvalue weighted by atomic mass is 15.3. The number of aromatic nitrogens is 2. The minimum Gasteiger partial charge on any atom is -0.393 e. The number of likely N-dealkylation sites (tertiary alicyclic amines) is 1. The molecule has 0 amide bonds. The van der Waals surface area contributed by atoms with Gasteiger partial charge in [0.1, 0.15) is 12.0 Å². The Morgan fingerprint density at radius 1 is 1.17 bits per heavy atom. The van der Waals surface area contributed by atoms with Crippen molar-refractivity contribution in [3.8, 4) is 0 Å². The van der Waals surface area contributed by atoms with E-state index in [2.05, 4.69) is 25.6 Å². The van der Waals surface area contributed by atoms with E-state index in [0.717, 1.165) is 13.1 Å². The molecule has 0 atom stereocenters. The summed E-state index contributed by atoms with van der Waals surface area (Å²) in [5.41, 5.74) is 8.78. The molecule has 1 aromatic rings. The lowest BCUT2D eigenvalue weighted by Gasteiger charge is -2.26. The Labute approximate surface area is 107 Å². The maximum absolute atomic E-state index is 5.87. The van der Waals surface area contributed by atoms with Crippen LogP contribution in [-0.4, -0.2) is 41.0 Å². The SMILES string of the molecule is NNc1ncnc(NCCN2CCCCC2)c1N. The monoisotopic (exact) mass is 251 g/mol. The zero-order valence-electron chi connectivity index (χ0n) is 10.5. The maximum atomic E-state index is 5.87. The molecule has 0 radical (unpaired) electrons. The number of nitrogens with one attached hydrogen (secondary N) is 2. The number of hydrogen-bond donors (Lipinski definition) is 4. The van der Waals surface area contributed by atoms with Crippen LogP contribution in [0.1, 0.15) is 19.3 Å². The van der Waals surface area contributed by atoms with Gasteiger partial charge in [-0.2, -0.15) is 0 Å². The second kappa shape index (κ2) is 6.36. The van der Waals surface area contributed by atoms with Crippen LogP contribution in [0.15, 0.2) is 6.33 Å². The van der Waals surface area contributed by atoms with Crippen molar-refractivity contribution in [2.24, 2.45) is 5.84 Å². The molecule has 0 unspecified atom stereocenters. The summed E-state index contributed by atoms with van der Waals surface area (Å²) >= 11 is 0. The Morgan fingerprint density at radius 3 is 2.61 bits per heavy atom. The van der Waals surface area contributed by atoms with Crippen molar-refractivity contribution in [1.82, 2.24) is 14.9 Å². The van der Waals surface area contributed by atoms with E-state index in [1.807, 2.05) is 0 Å². The molecular formula is C11H21N7. The van der Waals surface area contributed by atoms with Crippen LogP contribution in [-0.2, 0) is 0 Å². The summed E-state index contributed by atoms with van der Waals surface area (Å²) in [5, 5.41) is 3.22. The fourth-order valence-corrected chi connectivity index (χ4v) is 2.17. The van der Waals surface area contributed by atoms with Gasteiger partial charge in [-0.3, -0.25) is 0 Å². The van der Waals surface area contributed by atoms with Gasteiger partial charge in [0.2, 0.25) is 0 Å². The molecule has 2 rings (SSSR count). The number of rotatable bonds is 5. The van der Waals surface area contributed by atoms with E-state index in [1.165, 1.54) is 38.7 Å². The number of hydrogen-bond acceptors (Lipinski definition) is 7. The summed E-state index contributed by atoms with van der Waals surface area (Å²) in [4.78, 5) is 10.5. The highest BCUT2D eigenvalue weighted by Gasteiger charge is 2.10. The van der Waals surface area contributed by atoms with E-state index in [0.29, 0.717) is 17.3 Å². The average molecular weight is 251 g/mol. The van der Waals surface area contributed by atoms with Crippen molar-refractivity contribution < 1.29 is 0 Å². The van der Waals surface area contributed by atoms with Crippen molar-refractivity contribution >= 4 is 17.3 Å². The van der Waals surface area contributed by atoms with Crippen LogP contribution in [0.3, 0.4) is 0 Å². The number of nitrogens with zero attached hydrogens (tertiary/aromatic N) is 3. The van der Waals surface area contributed by atoms with Crippen molar-refractivity contribution in [3.63, 3.8) is 0 Å². The normalized spacial score (nSPS) is 16.5. The van der Waals surface area contributed by atoms with Gasteiger partial charge < -0.3 is 21.4 Å². The van der Waals surface area contributed by atoms with Gasteiger partial charge in [0.25, 0.3) is 0 Å². The van der Waals surface area contributed by atoms with Crippen LogP contribution in [0.4, 0.5) is 17.3 Å². The zero-order chi connectivity index (χ0) is 12.8. The molecule has 1 aromatic heterocycles. The van der Waals surface area contributed by atoms with Gasteiger partial charge in [-0.05, 0) is 25.9 Å². The van der Waals surface area contributed by atoms with Crippen molar-refractivity contribution in [3.05, 3.63) is 6.33 Å². The Bertz CT molecular complexity index is 376. The van der Waals surface area contributed by atoms with Crippen LogP contribution in [0, 0.1) is 0 Å². The van der Waals surface area contributed by atoms with Crippen LogP contribution in [0.2, 0.25) is 0 Å². The van der Waals surface area contributed by atoms with Crippen molar-refractivity contribution in [2.45, 2.75) is 19.3 Å². The molecule has 7 nitrogen and oxygen atoms in total. The van der Waals surface area contributed by atoms with E-state index < -0.39 is 0 Å². The average Bonchev–Trinajstić information content (AvgIpc) is 2.42. The highest BCUT2D eigenvalue weighted by Crippen LogP contribution is 2.20. The summed E-state index contributed by atoms with van der Waals surface area (Å²) in [7, 11) is 0. The third-order valence-electron chi connectivity index (χ3n) is 3.19. The summed E-state index contributed by atoms with van der Waals surface area (Å²) < 4.78 is 0. The summed E-state index contributed by atoms with van der Waals surface area (Å²) in [6.07, 6.45) is 5.40. The number of hydrazine groups is 1. The number of nitrogen functional groups attached to an aromatic ring is 2. The molecule has 1 saturated heterocycles. The standard InChI is InChI=1S/C11H21N7/c12-9-10(15-8-16-11(9)17-13)14-4-7-18-5-2-1-3-6-18/h8H,1-7,12-13H2,(H2,14,15,16,17). The molecule has 1 aliphatic rings. The quantitative estimate of drug-likeness (QED) is 0.439. The molecule has 0 bridgehead atoms. The molecule has 100 valence electrons. The minimum absolute atomic E-state index is 0.450. The first kappa shape index (κ1) is 12.8. The lowest BCUT2D eigenvalue weighted by atomic mass is 10.1. The van der Waals surface area contributed by atoms with Crippen LogP contribution >= 0.6 is 0 Å². The molecule has 6 N–H and O–H groups in total. The molecule has 1 fully saturated rings. The summed E-state index contributed by atoms with van der Waals surface area (Å²) in [6.45, 7) is 4.22. The third-order valence-corrected chi connectivity index (χ3v) is 3.19. The molecule has 0 saturated carbocycles. The van der Waals surface area contributed by atoms with Gasteiger partial charge in [0.15, 0.2) is 11.6 Å². The van der Waals surface area contributed by atoms with Gasteiger partial charge in [0, 0.05) is 13.1 Å².